The number of amides is 1. The van der Waals surface area contributed by atoms with Gasteiger partial charge in [0.15, 0.2) is 11.6 Å². The highest BCUT2D eigenvalue weighted by molar-refractivity contribution is 5.85. The smallest absolute Gasteiger partial charge is 0.412 e. The molecule has 0 saturated carbocycles. The average molecular weight is 301 g/mol. The van der Waals surface area contributed by atoms with Gasteiger partial charge < -0.3 is 9.84 Å². The van der Waals surface area contributed by atoms with Crippen molar-refractivity contribution in [2.45, 2.75) is 39.2 Å². The van der Waals surface area contributed by atoms with E-state index in [2.05, 4.69) is 5.32 Å². The summed E-state index contributed by atoms with van der Waals surface area (Å²) in [7, 11) is 0. The van der Waals surface area contributed by atoms with E-state index < -0.39 is 40.9 Å². The van der Waals surface area contributed by atoms with Crippen molar-refractivity contribution in [3.8, 4) is 0 Å². The molecule has 1 unspecified atom stereocenters. The molecule has 1 aromatic carbocycles. The molecule has 1 atom stereocenters. The maximum Gasteiger partial charge on any atom is 0.412 e. The van der Waals surface area contributed by atoms with E-state index >= 15 is 0 Å². The Bertz CT molecular complexity index is 567. The molecule has 116 valence electrons. The number of carboxylic acid groups (broad SMARTS) is 1. The second kappa shape index (κ2) is 6.07. The molecular formula is C14H17F2NO4. The van der Waals surface area contributed by atoms with Gasteiger partial charge >= 0.3 is 12.1 Å². The Hall–Kier alpha value is -2.18. The molecule has 0 bridgehead atoms. The third-order valence-electron chi connectivity index (χ3n) is 2.56. The number of ether oxygens (including phenoxy) is 1. The van der Waals surface area contributed by atoms with Gasteiger partial charge in [-0.25, -0.2) is 13.6 Å². The highest BCUT2D eigenvalue weighted by Crippen LogP contribution is 2.25. The fourth-order valence-corrected chi connectivity index (χ4v) is 1.51. The lowest BCUT2D eigenvalue weighted by molar-refractivity contribution is -0.138. The summed E-state index contributed by atoms with van der Waals surface area (Å²) in [4.78, 5) is 22.5. The van der Waals surface area contributed by atoms with Crippen LogP contribution in [0.25, 0.3) is 0 Å². The van der Waals surface area contributed by atoms with Crippen molar-refractivity contribution in [1.82, 2.24) is 0 Å². The maximum absolute atomic E-state index is 13.6. The van der Waals surface area contributed by atoms with Crippen molar-refractivity contribution in [2.75, 3.05) is 5.32 Å². The van der Waals surface area contributed by atoms with Crippen molar-refractivity contribution in [3.63, 3.8) is 0 Å². The number of hydrogen-bond donors (Lipinski definition) is 2. The van der Waals surface area contributed by atoms with E-state index in [9.17, 15) is 18.4 Å². The molecule has 1 aromatic rings. The number of anilines is 1. The Morgan fingerprint density at radius 1 is 1.29 bits per heavy atom. The molecule has 1 amide bonds. The number of carbonyl (C=O) groups excluding carboxylic acids is 1. The highest BCUT2D eigenvalue weighted by Gasteiger charge is 2.22. The van der Waals surface area contributed by atoms with Gasteiger partial charge in [-0.2, -0.15) is 0 Å². The van der Waals surface area contributed by atoms with Gasteiger partial charge in [-0.3, -0.25) is 10.1 Å². The van der Waals surface area contributed by atoms with Gasteiger partial charge in [-0.05, 0) is 45.4 Å². The summed E-state index contributed by atoms with van der Waals surface area (Å²) in [6.07, 6.45) is -0.957. The first kappa shape index (κ1) is 16.9. The van der Waals surface area contributed by atoms with E-state index in [1.54, 1.807) is 20.8 Å². The molecule has 2 N–H and O–H groups in total. The van der Waals surface area contributed by atoms with Crippen molar-refractivity contribution < 1.29 is 28.2 Å². The SMILES string of the molecule is CC(C(=O)O)c1cc(F)c(F)c(NC(=O)OC(C)(C)C)c1. The largest absolute Gasteiger partial charge is 0.481 e. The van der Waals surface area contributed by atoms with Crippen molar-refractivity contribution >= 4 is 17.7 Å². The lowest BCUT2D eigenvalue weighted by atomic mass is 10.0. The number of aliphatic carboxylic acids is 1. The van der Waals surface area contributed by atoms with Crippen LogP contribution in [0.15, 0.2) is 12.1 Å². The quantitative estimate of drug-likeness (QED) is 0.896. The molecule has 0 spiro atoms. The predicted octanol–water partition coefficient (Wildman–Crippen LogP) is 3.50. The van der Waals surface area contributed by atoms with E-state index in [4.69, 9.17) is 9.84 Å². The summed E-state index contributed by atoms with van der Waals surface area (Å²) in [6.45, 7) is 6.18. The summed E-state index contributed by atoms with van der Waals surface area (Å²) in [6, 6.07) is 1.86. The number of nitrogens with one attached hydrogen (secondary N) is 1. The normalized spacial score (nSPS) is 12.7. The van der Waals surface area contributed by atoms with Gasteiger partial charge in [0.25, 0.3) is 0 Å². The second-order valence-electron chi connectivity index (χ2n) is 5.55. The van der Waals surface area contributed by atoms with E-state index in [0.717, 1.165) is 12.1 Å². The Morgan fingerprint density at radius 3 is 2.33 bits per heavy atom. The van der Waals surface area contributed by atoms with Crippen LogP contribution in [0.1, 0.15) is 39.2 Å². The van der Waals surface area contributed by atoms with E-state index in [0.29, 0.717) is 0 Å². The van der Waals surface area contributed by atoms with Gasteiger partial charge in [0.2, 0.25) is 0 Å². The van der Waals surface area contributed by atoms with Crippen molar-refractivity contribution in [3.05, 3.63) is 29.3 Å². The molecule has 0 radical (unpaired) electrons. The number of benzene rings is 1. The summed E-state index contributed by atoms with van der Waals surface area (Å²) in [5.41, 5.74) is -1.23. The zero-order valence-electron chi connectivity index (χ0n) is 12.2. The second-order valence-corrected chi connectivity index (χ2v) is 5.55. The number of carbonyl (C=O) groups is 2. The summed E-state index contributed by atoms with van der Waals surface area (Å²) in [5, 5.41) is 11.0. The first-order chi connectivity index (χ1) is 9.51. The Labute approximate surface area is 120 Å². The van der Waals surface area contributed by atoms with Crippen LogP contribution in [0, 0.1) is 11.6 Å². The molecule has 0 saturated heterocycles. The molecule has 0 aromatic heterocycles. The van der Waals surface area contributed by atoms with Crippen molar-refractivity contribution in [1.29, 1.82) is 0 Å². The number of rotatable bonds is 3. The molecule has 0 fully saturated rings. The van der Waals surface area contributed by atoms with Crippen LogP contribution >= 0.6 is 0 Å². The zero-order valence-corrected chi connectivity index (χ0v) is 12.2. The Balaban J connectivity index is 3.07. The van der Waals surface area contributed by atoms with Gasteiger partial charge in [-0.1, -0.05) is 0 Å². The van der Waals surface area contributed by atoms with Crippen LogP contribution < -0.4 is 5.32 Å². The minimum atomic E-state index is -1.28. The molecule has 21 heavy (non-hydrogen) atoms. The molecule has 0 aliphatic rings. The monoisotopic (exact) mass is 301 g/mol. The lowest BCUT2D eigenvalue weighted by Gasteiger charge is -2.20. The zero-order chi connectivity index (χ0) is 16.4. The fourth-order valence-electron chi connectivity index (χ4n) is 1.51. The van der Waals surface area contributed by atoms with Gasteiger partial charge in [0, 0.05) is 0 Å². The fraction of sp³-hybridized carbons (Fsp3) is 0.429. The van der Waals surface area contributed by atoms with Crippen molar-refractivity contribution in [2.24, 2.45) is 0 Å². The van der Waals surface area contributed by atoms with Gasteiger partial charge in [-0.15, -0.1) is 0 Å². The first-order valence-corrected chi connectivity index (χ1v) is 6.23. The maximum atomic E-state index is 13.6. The van der Waals surface area contributed by atoms with Gasteiger partial charge in [0.05, 0.1) is 11.6 Å². The first-order valence-electron chi connectivity index (χ1n) is 6.23. The topological polar surface area (TPSA) is 75.6 Å². The van der Waals surface area contributed by atoms with E-state index in [-0.39, 0.29) is 5.56 Å². The molecule has 0 aliphatic heterocycles. The number of carboxylic acids is 1. The molecule has 5 nitrogen and oxygen atoms in total. The minimum Gasteiger partial charge on any atom is -0.481 e. The van der Waals surface area contributed by atoms with Gasteiger partial charge in [0.1, 0.15) is 5.60 Å². The van der Waals surface area contributed by atoms with Crippen LogP contribution in [0.2, 0.25) is 0 Å². The third kappa shape index (κ3) is 4.70. The molecular weight excluding hydrogens is 284 g/mol. The van der Waals surface area contributed by atoms with E-state index in [1.807, 2.05) is 0 Å². The highest BCUT2D eigenvalue weighted by atomic mass is 19.2. The Morgan fingerprint density at radius 2 is 1.86 bits per heavy atom. The predicted molar refractivity (Wildman–Crippen MR) is 72.3 cm³/mol. The third-order valence-corrected chi connectivity index (χ3v) is 2.56. The van der Waals surface area contributed by atoms with E-state index in [1.165, 1.54) is 6.92 Å². The van der Waals surface area contributed by atoms with Crippen LogP contribution in [0.3, 0.4) is 0 Å². The van der Waals surface area contributed by atoms with Crippen LogP contribution in [0.4, 0.5) is 19.3 Å². The summed E-state index contributed by atoms with van der Waals surface area (Å²) < 4.78 is 32.1. The standard InChI is InChI=1S/C14H17F2NO4/c1-7(12(18)19)8-5-9(15)11(16)10(6-8)17-13(20)21-14(2,3)4/h5-7H,1-4H3,(H,17,20)(H,18,19). The molecule has 0 heterocycles. The molecule has 0 aliphatic carbocycles. The van der Waals surface area contributed by atoms with Crippen LogP contribution in [-0.4, -0.2) is 22.8 Å². The lowest BCUT2D eigenvalue weighted by Crippen LogP contribution is -2.27. The minimum absolute atomic E-state index is 0.0347. The summed E-state index contributed by atoms with van der Waals surface area (Å²) in [5.74, 6) is -4.75. The summed E-state index contributed by atoms with van der Waals surface area (Å²) >= 11 is 0. The number of hydrogen-bond acceptors (Lipinski definition) is 3. The van der Waals surface area contributed by atoms with Crippen LogP contribution in [0.5, 0.6) is 0 Å². The number of halogens is 2. The average Bonchev–Trinajstić information content (AvgIpc) is 2.31. The molecule has 1 rings (SSSR count). The molecule has 7 heteroatoms. The van der Waals surface area contributed by atoms with Crippen LogP contribution in [-0.2, 0) is 9.53 Å². The Kier molecular flexibility index (Phi) is 4.88.